The number of nitrogens with zero attached hydrogens (tertiary/aromatic N) is 3. The van der Waals surface area contributed by atoms with E-state index < -0.39 is 24.1 Å². The Morgan fingerprint density at radius 3 is 1.11 bits per heavy atom. The Hall–Kier alpha value is -8.26. The van der Waals surface area contributed by atoms with Gasteiger partial charge in [-0.15, -0.1) is 0 Å². The van der Waals surface area contributed by atoms with Gasteiger partial charge in [0.15, 0.2) is 0 Å². The van der Waals surface area contributed by atoms with Crippen LogP contribution in [0.15, 0.2) is 218 Å². The predicted octanol–water partition coefficient (Wildman–Crippen LogP) is 16.3. The van der Waals surface area contributed by atoms with Crippen LogP contribution in [0.1, 0.15) is 49.9 Å². The van der Waals surface area contributed by atoms with E-state index in [1.165, 1.54) is 69.1 Å². The maximum atomic E-state index is 7.30. The zero-order valence-electron chi connectivity index (χ0n) is 41.4. The Bertz CT molecular complexity index is 3620. The molecular weight excluding hydrogens is 951 g/mol. The summed E-state index contributed by atoms with van der Waals surface area (Å²) in [5.41, 5.74) is 19.8. The topological polar surface area (TPSA) is 28.2 Å². The summed E-state index contributed by atoms with van der Waals surface area (Å²) in [7, 11) is 0. The van der Waals surface area contributed by atoms with Crippen LogP contribution in [0.2, 0.25) is 5.76 Å². The van der Waals surface area contributed by atoms with Crippen molar-refractivity contribution in [2.24, 2.45) is 0 Å². The summed E-state index contributed by atoms with van der Waals surface area (Å²) in [6, 6.07) is 79.6. The van der Waals surface area contributed by atoms with Gasteiger partial charge in [-0.1, -0.05) is 0 Å². The zero-order chi connectivity index (χ0) is 49.0. The molecular formula is C67H51GeN3O2. The van der Waals surface area contributed by atoms with Crippen LogP contribution in [0.5, 0.6) is 23.0 Å². The second-order valence-electron chi connectivity index (χ2n) is 21.4. The molecule has 0 aromatic heterocycles. The molecule has 0 N–H and O–H groups in total. The van der Waals surface area contributed by atoms with E-state index in [9.17, 15) is 0 Å². The van der Waals surface area contributed by atoms with Crippen molar-refractivity contribution < 1.29 is 9.47 Å². The van der Waals surface area contributed by atoms with Crippen molar-refractivity contribution >= 4 is 77.6 Å². The number of benzene rings is 10. The van der Waals surface area contributed by atoms with Gasteiger partial charge in [-0.05, 0) is 0 Å². The van der Waals surface area contributed by atoms with Gasteiger partial charge in [-0.2, -0.15) is 0 Å². The summed E-state index contributed by atoms with van der Waals surface area (Å²) in [6.45, 7) is 9.81. The third-order valence-electron chi connectivity index (χ3n) is 16.7. The van der Waals surface area contributed by atoms with Gasteiger partial charge in [0.25, 0.3) is 0 Å². The zero-order valence-corrected chi connectivity index (χ0v) is 43.5. The molecule has 2 aliphatic carbocycles. The Morgan fingerprint density at radius 1 is 0.356 bits per heavy atom. The van der Waals surface area contributed by atoms with Crippen LogP contribution < -0.4 is 37.4 Å². The molecule has 0 atom stereocenters. The van der Waals surface area contributed by atoms with E-state index in [2.05, 4.69) is 267 Å². The van der Waals surface area contributed by atoms with Crippen molar-refractivity contribution in [1.29, 1.82) is 0 Å². The number of hydrogen-bond donors (Lipinski definition) is 0. The molecule has 0 saturated heterocycles. The number of ether oxygens (including phenoxy) is 2. The Morgan fingerprint density at radius 2 is 0.726 bits per heavy atom. The number of para-hydroxylation sites is 5. The Balaban J connectivity index is 0.999. The van der Waals surface area contributed by atoms with Crippen molar-refractivity contribution in [2.45, 2.75) is 44.3 Å². The van der Waals surface area contributed by atoms with Crippen LogP contribution in [0.3, 0.4) is 0 Å². The van der Waals surface area contributed by atoms with Crippen LogP contribution in [0.25, 0.3) is 22.3 Å². The summed E-state index contributed by atoms with van der Waals surface area (Å²) in [5.74, 6) is 6.42. The quantitative estimate of drug-likeness (QED) is 0.148. The molecule has 0 saturated carbocycles. The molecule has 15 rings (SSSR count). The summed E-state index contributed by atoms with van der Waals surface area (Å²) in [4.78, 5) is 7.43. The van der Waals surface area contributed by atoms with Crippen LogP contribution >= 0.6 is 0 Å². The van der Waals surface area contributed by atoms with Gasteiger partial charge < -0.3 is 0 Å². The molecule has 10 aromatic rings. The number of fused-ring (bicyclic) bond motifs is 8. The molecule has 3 aliphatic heterocycles. The third-order valence-corrected chi connectivity index (χ3v) is 26.0. The van der Waals surface area contributed by atoms with E-state index >= 15 is 0 Å². The molecule has 0 radical (unpaired) electrons. The summed E-state index contributed by atoms with van der Waals surface area (Å²) in [6.07, 6.45) is 0. The molecule has 0 unspecified atom stereocenters. The van der Waals surface area contributed by atoms with Gasteiger partial charge >= 0.3 is 432 Å². The summed E-state index contributed by atoms with van der Waals surface area (Å²) in [5, 5.41) is 0. The monoisotopic (exact) mass is 1000 g/mol. The van der Waals surface area contributed by atoms with E-state index in [1.807, 2.05) is 0 Å². The SMILES string of the molecule is CC1(C)c2cc(N(c3ccccc3)c3ccccc3)ccc2-c2cc3[c]4c(c21)N(c1ccccc1)c1c2c(cc5[c]1[Ge]4([CH3])[c]1c(cccc1O5)O3)-c1ccc(N(c3ccccc3)c3ccccc3)cc1C2(C)C. The van der Waals surface area contributed by atoms with E-state index in [-0.39, 0.29) is 0 Å². The molecule has 0 bridgehead atoms. The first kappa shape index (κ1) is 42.4. The van der Waals surface area contributed by atoms with Crippen molar-refractivity contribution in [3.8, 4) is 45.3 Å². The van der Waals surface area contributed by atoms with E-state index in [0.29, 0.717) is 0 Å². The fourth-order valence-electron chi connectivity index (χ4n) is 13.6. The van der Waals surface area contributed by atoms with Gasteiger partial charge in [0, 0.05) is 0 Å². The molecule has 0 spiro atoms. The van der Waals surface area contributed by atoms with E-state index in [1.54, 1.807) is 0 Å². The van der Waals surface area contributed by atoms with Gasteiger partial charge in [0.1, 0.15) is 0 Å². The molecule has 5 aliphatic rings. The van der Waals surface area contributed by atoms with Gasteiger partial charge in [-0.25, -0.2) is 0 Å². The van der Waals surface area contributed by atoms with Gasteiger partial charge in [0.05, 0.1) is 0 Å². The average molecular weight is 1000 g/mol. The second-order valence-corrected chi connectivity index (χ2v) is 29.3. The van der Waals surface area contributed by atoms with Gasteiger partial charge in [0.2, 0.25) is 0 Å². The minimum atomic E-state index is -3.75. The average Bonchev–Trinajstić information content (AvgIpc) is 3.81. The van der Waals surface area contributed by atoms with Crippen molar-refractivity contribution in [1.82, 2.24) is 0 Å². The maximum absolute atomic E-state index is 7.30. The predicted molar refractivity (Wildman–Crippen MR) is 303 cm³/mol. The fourth-order valence-corrected chi connectivity index (χ4v) is 23.4. The molecule has 3 heterocycles. The molecule has 0 fully saturated rings. The molecule has 5 nitrogen and oxygen atoms in total. The Labute approximate surface area is 429 Å². The standard InChI is InChI=1S/C67H51GeN3O2/c1-66(2)53-38-47(69(42-22-11-6-12-23-42)43-24-13-7-14-25-43)34-36-49(53)51-40-57-62-64(59(51)66)71(46-30-19-10-20-31-46)65-60-52(41-58-63(65)68(62,5)61-55(72-57)32-21-33-56(61)73-58)50-37-35-48(39-54(50)67(60,3)4)70(44-26-15-8-16-27-44)45-28-17-9-18-29-45/h6-41H,1-5H3. The summed E-state index contributed by atoms with van der Waals surface area (Å²) >= 11 is -3.75. The first-order valence-electron chi connectivity index (χ1n) is 25.5. The van der Waals surface area contributed by atoms with Crippen LogP contribution in [-0.4, -0.2) is 13.3 Å². The second kappa shape index (κ2) is 15.1. The van der Waals surface area contributed by atoms with Crippen LogP contribution in [0.4, 0.5) is 51.2 Å². The summed E-state index contributed by atoms with van der Waals surface area (Å²) < 4.78 is 18.6. The van der Waals surface area contributed by atoms with Crippen LogP contribution in [-0.2, 0) is 10.8 Å². The molecule has 73 heavy (non-hydrogen) atoms. The van der Waals surface area contributed by atoms with Gasteiger partial charge in [-0.3, -0.25) is 0 Å². The third kappa shape index (κ3) is 5.74. The molecule has 6 heteroatoms. The first-order chi connectivity index (χ1) is 35.6. The molecule has 0 amide bonds. The van der Waals surface area contributed by atoms with E-state index in [4.69, 9.17) is 9.47 Å². The van der Waals surface area contributed by atoms with Crippen molar-refractivity contribution in [2.75, 3.05) is 14.7 Å². The van der Waals surface area contributed by atoms with Crippen LogP contribution in [0, 0.1) is 0 Å². The number of anilines is 9. The van der Waals surface area contributed by atoms with Crippen molar-refractivity contribution in [3.63, 3.8) is 0 Å². The minimum absolute atomic E-state index is 0.412. The Kier molecular flexibility index (Phi) is 8.80. The fraction of sp³-hybridized carbons (Fsp3) is 0.104. The van der Waals surface area contributed by atoms with E-state index in [0.717, 1.165) is 62.8 Å². The molecule has 10 aromatic carbocycles. The van der Waals surface area contributed by atoms with Crippen molar-refractivity contribution in [3.05, 3.63) is 241 Å². The molecule has 350 valence electrons. The first-order valence-corrected chi connectivity index (χ1v) is 30.8. The number of rotatable bonds is 7. The number of hydrogen-bond acceptors (Lipinski definition) is 5. The normalized spacial score (nSPS) is 15.4.